The first-order chi connectivity index (χ1) is 9.61. The number of anilines is 1. The highest BCUT2D eigenvalue weighted by atomic mass is 16.6. The lowest BCUT2D eigenvalue weighted by Gasteiger charge is -2.06. The maximum absolute atomic E-state index is 11.2. The normalized spacial score (nSPS) is 10.8. The minimum atomic E-state index is -0.386. The second kappa shape index (κ2) is 8.49. The first kappa shape index (κ1) is 16.4. The maximum atomic E-state index is 11.2. The molecule has 1 aromatic rings. The number of rotatable bonds is 10. The number of aliphatic hydroxyl groups is 1. The van der Waals surface area contributed by atoms with Crippen molar-refractivity contribution in [1.82, 2.24) is 9.78 Å². The van der Waals surface area contributed by atoms with E-state index in [1.54, 1.807) is 7.05 Å². The quantitative estimate of drug-likeness (QED) is 0.379. The summed E-state index contributed by atoms with van der Waals surface area (Å²) in [7, 11) is 1.69. The molecule has 0 saturated heterocycles. The number of aliphatic hydroxyl groups excluding tert-OH is 1. The van der Waals surface area contributed by atoms with Crippen LogP contribution in [0.1, 0.15) is 25.5 Å². The van der Waals surface area contributed by atoms with Crippen molar-refractivity contribution in [3.8, 4) is 0 Å². The van der Waals surface area contributed by atoms with Crippen molar-refractivity contribution in [3.05, 3.63) is 15.8 Å². The van der Waals surface area contributed by atoms with Gasteiger partial charge in [0.05, 0.1) is 18.1 Å². The Kier molecular flexibility index (Phi) is 6.96. The van der Waals surface area contributed by atoms with Gasteiger partial charge in [-0.25, -0.2) is 4.68 Å². The van der Waals surface area contributed by atoms with Gasteiger partial charge in [-0.1, -0.05) is 13.3 Å². The third kappa shape index (κ3) is 4.46. The Labute approximate surface area is 117 Å². The van der Waals surface area contributed by atoms with E-state index in [9.17, 15) is 10.1 Å². The Balaban J connectivity index is 2.62. The van der Waals surface area contributed by atoms with Crippen molar-refractivity contribution in [2.45, 2.75) is 26.2 Å². The Morgan fingerprint density at radius 1 is 1.50 bits per heavy atom. The summed E-state index contributed by atoms with van der Waals surface area (Å²) in [5, 5.41) is 27.0. The average Bonchev–Trinajstić information content (AvgIpc) is 2.70. The number of aryl methyl sites for hydroxylation is 2. The molecule has 20 heavy (non-hydrogen) atoms. The smallest absolute Gasteiger partial charge is 0.333 e. The summed E-state index contributed by atoms with van der Waals surface area (Å²) < 4.78 is 6.64. The molecule has 114 valence electrons. The Bertz CT molecular complexity index is 433. The molecular weight excluding hydrogens is 264 g/mol. The van der Waals surface area contributed by atoms with Crippen molar-refractivity contribution < 1.29 is 14.8 Å². The number of hydrogen-bond donors (Lipinski definition) is 2. The van der Waals surface area contributed by atoms with Crippen LogP contribution in [0, 0.1) is 10.1 Å². The van der Waals surface area contributed by atoms with Crippen molar-refractivity contribution in [2.24, 2.45) is 7.05 Å². The lowest BCUT2D eigenvalue weighted by molar-refractivity contribution is -0.384. The van der Waals surface area contributed by atoms with Crippen LogP contribution in [0.15, 0.2) is 0 Å². The zero-order valence-corrected chi connectivity index (χ0v) is 12.0. The van der Waals surface area contributed by atoms with Crippen LogP contribution in [0.4, 0.5) is 11.5 Å². The first-order valence-corrected chi connectivity index (χ1v) is 6.74. The molecule has 0 unspecified atom stereocenters. The van der Waals surface area contributed by atoms with Crippen LogP contribution in [0.2, 0.25) is 0 Å². The summed E-state index contributed by atoms with van der Waals surface area (Å²) in [5.74, 6) is 0.431. The van der Waals surface area contributed by atoms with Crippen LogP contribution >= 0.6 is 0 Å². The monoisotopic (exact) mass is 286 g/mol. The van der Waals surface area contributed by atoms with E-state index in [-0.39, 0.29) is 17.2 Å². The SMILES string of the molecule is CCCc1nn(C)c(NCCCOCCO)c1[N+](=O)[O-]. The van der Waals surface area contributed by atoms with Gasteiger partial charge in [-0.15, -0.1) is 0 Å². The molecule has 0 bridgehead atoms. The second-order valence-corrected chi connectivity index (χ2v) is 4.39. The number of nitro groups is 1. The van der Waals surface area contributed by atoms with E-state index in [4.69, 9.17) is 9.84 Å². The van der Waals surface area contributed by atoms with Crippen molar-refractivity contribution in [2.75, 3.05) is 31.7 Å². The van der Waals surface area contributed by atoms with Gasteiger partial charge in [0.25, 0.3) is 0 Å². The molecule has 2 N–H and O–H groups in total. The Morgan fingerprint density at radius 3 is 2.85 bits per heavy atom. The molecule has 0 radical (unpaired) electrons. The van der Waals surface area contributed by atoms with E-state index in [1.165, 1.54) is 4.68 Å². The van der Waals surface area contributed by atoms with Gasteiger partial charge in [0.15, 0.2) is 0 Å². The van der Waals surface area contributed by atoms with E-state index in [0.29, 0.717) is 44.1 Å². The van der Waals surface area contributed by atoms with E-state index >= 15 is 0 Å². The third-order valence-corrected chi connectivity index (χ3v) is 2.75. The number of hydrogen-bond acceptors (Lipinski definition) is 6. The topological polar surface area (TPSA) is 102 Å². The lowest BCUT2D eigenvalue weighted by Crippen LogP contribution is -2.11. The number of nitrogens with one attached hydrogen (secondary N) is 1. The van der Waals surface area contributed by atoms with Gasteiger partial charge >= 0.3 is 5.69 Å². The van der Waals surface area contributed by atoms with E-state index in [0.717, 1.165) is 6.42 Å². The zero-order valence-electron chi connectivity index (χ0n) is 12.0. The minimum absolute atomic E-state index is 0.00100. The highest BCUT2D eigenvalue weighted by Crippen LogP contribution is 2.28. The van der Waals surface area contributed by atoms with Gasteiger partial charge in [0, 0.05) is 20.2 Å². The predicted octanol–water partition coefficient (Wildman–Crippen LogP) is 1.09. The summed E-state index contributed by atoms with van der Waals surface area (Å²) >= 11 is 0. The predicted molar refractivity (Wildman–Crippen MR) is 74.9 cm³/mol. The molecule has 8 nitrogen and oxygen atoms in total. The summed E-state index contributed by atoms with van der Waals surface area (Å²) in [4.78, 5) is 10.8. The fourth-order valence-electron chi connectivity index (χ4n) is 1.91. The summed E-state index contributed by atoms with van der Waals surface area (Å²) in [6, 6.07) is 0. The molecule has 0 amide bonds. The van der Waals surface area contributed by atoms with Crippen LogP contribution in [0.25, 0.3) is 0 Å². The number of nitrogens with zero attached hydrogens (tertiary/aromatic N) is 3. The van der Waals surface area contributed by atoms with Crippen LogP contribution in [0.5, 0.6) is 0 Å². The molecule has 1 rings (SSSR count). The van der Waals surface area contributed by atoms with Crippen LogP contribution in [-0.4, -0.2) is 46.2 Å². The molecule has 0 aliphatic rings. The number of ether oxygens (including phenoxy) is 1. The average molecular weight is 286 g/mol. The largest absolute Gasteiger partial charge is 0.394 e. The maximum Gasteiger partial charge on any atom is 0.333 e. The van der Waals surface area contributed by atoms with Gasteiger partial charge in [-0.2, -0.15) is 5.10 Å². The van der Waals surface area contributed by atoms with Crippen molar-refractivity contribution in [1.29, 1.82) is 0 Å². The Hall–Kier alpha value is -1.67. The van der Waals surface area contributed by atoms with E-state index in [1.807, 2.05) is 6.92 Å². The molecule has 8 heteroatoms. The van der Waals surface area contributed by atoms with Crippen LogP contribution in [0.3, 0.4) is 0 Å². The standard InChI is InChI=1S/C12H22N4O4/c1-3-5-10-11(16(18)19)12(15(2)14-10)13-6-4-8-20-9-7-17/h13,17H,3-9H2,1-2H3. The van der Waals surface area contributed by atoms with Gasteiger partial charge in [-0.05, 0) is 12.8 Å². The number of aromatic nitrogens is 2. The van der Waals surface area contributed by atoms with Gasteiger partial charge < -0.3 is 15.2 Å². The summed E-state index contributed by atoms with van der Waals surface area (Å²) in [6.45, 7) is 3.33. The molecule has 0 aliphatic heterocycles. The molecule has 0 saturated carbocycles. The van der Waals surface area contributed by atoms with Crippen molar-refractivity contribution >= 4 is 11.5 Å². The van der Waals surface area contributed by atoms with Gasteiger partial charge in [-0.3, -0.25) is 10.1 Å². The zero-order chi connectivity index (χ0) is 15.0. The van der Waals surface area contributed by atoms with Crippen molar-refractivity contribution in [3.63, 3.8) is 0 Å². The molecule has 0 atom stereocenters. The molecule has 0 fully saturated rings. The summed E-state index contributed by atoms with van der Waals surface area (Å²) in [5.41, 5.74) is 0.574. The van der Waals surface area contributed by atoms with E-state index < -0.39 is 0 Å². The minimum Gasteiger partial charge on any atom is -0.394 e. The van der Waals surface area contributed by atoms with Crippen LogP contribution in [-0.2, 0) is 18.2 Å². The second-order valence-electron chi connectivity index (χ2n) is 4.39. The highest BCUT2D eigenvalue weighted by Gasteiger charge is 2.25. The third-order valence-electron chi connectivity index (χ3n) is 2.75. The van der Waals surface area contributed by atoms with Gasteiger partial charge in [0.2, 0.25) is 5.82 Å². The molecule has 0 aliphatic carbocycles. The molecule has 0 spiro atoms. The Morgan fingerprint density at radius 2 is 2.25 bits per heavy atom. The van der Waals surface area contributed by atoms with Gasteiger partial charge in [0.1, 0.15) is 5.69 Å². The molecule has 1 heterocycles. The lowest BCUT2D eigenvalue weighted by atomic mass is 10.2. The summed E-state index contributed by atoms with van der Waals surface area (Å²) in [6.07, 6.45) is 2.10. The first-order valence-electron chi connectivity index (χ1n) is 6.74. The fraction of sp³-hybridized carbons (Fsp3) is 0.750. The van der Waals surface area contributed by atoms with Crippen LogP contribution < -0.4 is 5.32 Å². The van der Waals surface area contributed by atoms with E-state index in [2.05, 4.69) is 10.4 Å². The highest BCUT2D eigenvalue weighted by molar-refractivity contribution is 5.59. The molecular formula is C12H22N4O4. The molecule has 1 aromatic heterocycles. The fourth-order valence-corrected chi connectivity index (χ4v) is 1.91. The molecule has 0 aromatic carbocycles.